The number of hydrogen-bond donors (Lipinski definition) is 1. The van der Waals surface area contributed by atoms with E-state index in [1.807, 2.05) is 12.1 Å². The highest BCUT2D eigenvalue weighted by molar-refractivity contribution is 5.95. The molecule has 0 aliphatic carbocycles. The maximum Gasteiger partial charge on any atom is 0.341 e. The molecule has 2 aliphatic rings. The molecule has 0 saturated heterocycles. The van der Waals surface area contributed by atoms with Crippen LogP contribution in [0.2, 0.25) is 0 Å². The molecule has 21 heavy (non-hydrogen) atoms. The predicted molar refractivity (Wildman–Crippen MR) is 74.1 cm³/mol. The molecule has 3 rings (SSSR count). The third-order valence-electron chi connectivity index (χ3n) is 3.11. The van der Waals surface area contributed by atoms with Crippen LogP contribution in [0.15, 0.2) is 41.7 Å². The smallest absolute Gasteiger partial charge is 0.341 e. The summed E-state index contributed by atoms with van der Waals surface area (Å²) in [5, 5.41) is 6.22. The summed E-state index contributed by atoms with van der Waals surface area (Å²) in [4.78, 5) is 27.6. The highest BCUT2D eigenvalue weighted by Gasteiger charge is 2.21. The fraction of sp³-hybridized carbons (Fsp3) is 0.143. The Morgan fingerprint density at radius 3 is 3.00 bits per heavy atom. The van der Waals surface area contributed by atoms with Crippen LogP contribution in [0.5, 0.6) is 0 Å². The van der Waals surface area contributed by atoms with Crippen molar-refractivity contribution in [2.24, 2.45) is 0 Å². The van der Waals surface area contributed by atoms with Crippen molar-refractivity contribution in [2.75, 3.05) is 7.11 Å². The Morgan fingerprint density at radius 1 is 1.43 bits per heavy atom. The first-order chi connectivity index (χ1) is 10.2. The number of nitrogens with one attached hydrogen (secondary N) is 1. The molecule has 1 aromatic heterocycles. The van der Waals surface area contributed by atoms with Gasteiger partial charge in [-0.3, -0.25) is 9.78 Å². The lowest BCUT2D eigenvalue weighted by Crippen LogP contribution is -2.12. The lowest BCUT2D eigenvalue weighted by Gasteiger charge is -2.11. The number of nitrogens with zero attached hydrogens (tertiary/aromatic N) is 3. The third-order valence-corrected chi connectivity index (χ3v) is 3.11. The Morgan fingerprint density at radius 2 is 2.29 bits per heavy atom. The van der Waals surface area contributed by atoms with Gasteiger partial charge in [0, 0.05) is 31.3 Å². The number of methoxy groups -OCH3 is 1. The van der Waals surface area contributed by atoms with Gasteiger partial charge in [-0.25, -0.2) is 9.89 Å². The average Bonchev–Trinajstić information content (AvgIpc) is 2.88. The summed E-state index contributed by atoms with van der Waals surface area (Å²) >= 11 is 0. The van der Waals surface area contributed by atoms with E-state index < -0.39 is 5.97 Å². The van der Waals surface area contributed by atoms with E-state index in [1.54, 1.807) is 29.4 Å². The molecule has 0 atom stereocenters. The van der Waals surface area contributed by atoms with E-state index >= 15 is 0 Å². The molecule has 0 aromatic carbocycles. The highest BCUT2D eigenvalue weighted by Crippen LogP contribution is 2.21. The minimum absolute atomic E-state index is 0.247. The molecule has 7 heteroatoms. The van der Waals surface area contributed by atoms with Crippen LogP contribution in [0.4, 0.5) is 0 Å². The third kappa shape index (κ3) is 2.40. The minimum atomic E-state index is -0.535. The molecule has 0 spiro atoms. The van der Waals surface area contributed by atoms with Crippen LogP contribution in [-0.2, 0) is 11.3 Å². The summed E-state index contributed by atoms with van der Waals surface area (Å²) in [6.07, 6.45) is 6.67. The number of esters is 1. The number of pyridine rings is 2. The van der Waals surface area contributed by atoms with Crippen LogP contribution in [0.3, 0.4) is 0 Å². The summed E-state index contributed by atoms with van der Waals surface area (Å²) in [7, 11) is 1.29. The van der Waals surface area contributed by atoms with Gasteiger partial charge >= 0.3 is 5.97 Å². The molecule has 106 valence electrons. The molecular formula is C14H12N4O3. The number of rotatable bonds is 3. The monoisotopic (exact) mass is 284 g/mol. The maximum atomic E-state index is 11.8. The standard InChI is InChI=1S/C14H12N4O3/c1-21-14(20)11-8-18(6-9-3-2-4-15-5-9)7-10-12(11)16-17-13(10)19/h2-5,7-8H,6H2,1H3,(H,17,19). The molecule has 0 radical (unpaired) electrons. The number of carbonyl (C=O) groups is 1. The molecule has 0 fully saturated rings. The number of aromatic nitrogens is 4. The van der Waals surface area contributed by atoms with Crippen molar-refractivity contribution < 1.29 is 9.53 Å². The van der Waals surface area contributed by atoms with Crippen molar-refractivity contribution in [3.63, 3.8) is 0 Å². The number of aromatic amines is 1. The second-order valence-electron chi connectivity index (χ2n) is 4.51. The second kappa shape index (κ2) is 5.20. The minimum Gasteiger partial charge on any atom is -0.465 e. The van der Waals surface area contributed by atoms with Crippen molar-refractivity contribution in [2.45, 2.75) is 6.54 Å². The Bertz CT molecular complexity index is 807. The fourth-order valence-electron chi connectivity index (χ4n) is 2.14. The molecule has 2 aliphatic heterocycles. The van der Waals surface area contributed by atoms with Gasteiger partial charge in [0.25, 0.3) is 5.56 Å². The second-order valence-corrected chi connectivity index (χ2v) is 4.51. The van der Waals surface area contributed by atoms with Gasteiger partial charge in [-0.2, -0.15) is 5.10 Å². The van der Waals surface area contributed by atoms with E-state index in [-0.39, 0.29) is 11.1 Å². The van der Waals surface area contributed by atoms with Crippen molar-refractivity contribution >= 4 is 5.97 Å². The number of ether oxygens (including phenoxy) is 1. The summed E-state index contributed by atoms with van der Waals surface area (Å²) in [6, 6.07) is 3.74. The van der Waals surface area contributed by atoms with E-state index in [2.05, 4.69) is 15.2 Å². The molecular weight excluding hydrogens is 272 g/mol. The molecule has 3 heterocycles. The van der Waals surface area contributed by atoms with E-state index in [4.69, 9.17) is 4.74 Å². The number of fused-ring (bicyclic) bond motifs is 1. The van der Waals surface area contributed by atoms with E-state index in [0.29, 0.717) is 17.8 Å². The van der Waals surface area contributed by atoms with Crippen molar-refractivity contribution in [3.8, 4) is 11.3 Å². The average molecular weight is 284 g/mol. The van der Waals surface area contributed by atoms with Crippen LogP contribution in [-0.4, -0.2) is 32.8 Å². The molecule has 0 amide bonds. The first-order valence-corrected chi connectivity index (χ1v) is 6.24. The zero-order valence-corrected chi connectivity index (χ0v) is 11.2. The van der Waals surface area contributed by atoms with Gasteiger partial charge in [0.2, 0.25) is 0 Å². The SMILES string of the molecule is COC(=O)c1cn(Cc2cccnc2)cc2c(=O)[nH]nc1-2. The first kappa shape index (κ1) is 13.0. The Hall–Kier alpha value is -2.96. The first-order valence-electron chi connectivity index (χ1n) is 6.24. The topological polar surface area (TPSA) is 89.9 Å². The Labute approximate surface area is 119 Å². The molecule has 7 nitrogen and oxygen atoms in total. The van der Waals surface area contributed by atoms with Gasteiger partial charge in [-0.05, 0) is 11.6 Å². The largest absolute Gasteiger partial charge is 0.465 e. The van der Waals surface area contributed by atoms with Crippen molar-refractivity contribution in [3.05, 3.63) is 58.4 Å². The van der Waals surface area contributed by atoms with Gasteiger partial charge < -0.3 is 9.30 Å². The van der Waals surface area contributed by atoms with Crippen molar-refractivity contribution in [1.29, 1.82) is 0 Å². The lowest BCUT2D eigenvalue weighted by atomic mass is 10.1. The molecule has 0 unspecified atom stereocenters. The predicted octanol–water partition coefficient (Wildman–Crippen LogP) is 0.906. The summed E-state index contributed by atoms with van der Waals surface area (Å²) in [5.74, 6) is -0.535. The molecule has 0 saturated carbocycles. The quantitative estimate of drug-likeness (QED) is 0.722. The number of H-pyrrole nitrogens is 1. The summed E-state index contributed by atoms with van der Waals surface area (Å²) in [5.41, 5.74) is 1.53. The summed E-state index contributed by atoms with van der Waals surface area (Å²) < 4.78 is 6.48. The van der Waals surface area contributed by atoms with Crippen molar-refractivity contribution in [1.82, 2.24) is 19.7 Å². The lowest BCUT2D eigenvalue weighted by molar-refractivity contribution is 0.0600. The Kier molecular flexibility index (Phi) is 3.23. The number of carbonyl (C=O) groups excluding carboxylic acids is 1. The highest BCUT2D eigenvalue weighted by atomic mass is 16.5. The molecule has 1 aromatic rings. The van der Waals surface area contributed by atoms with Gasteiger partial charge in [-0.15, -0.1) is 0 Å². The fourth-order valence-corrected chi connectivity index (χ4v) is 2.14. The molecule has 1 N–H and O–H groups in total. The van der Waals surface area contributed by atoms with Crippen LogP contribution in [0, 0.1) is 0 Å². The van der Waals surface area contributed by atoms with E-state index in [0.717, 1.165) is 5.56 Å². The van der Waals surface area contributed by atoms with Crippen LogP contribution < -0.4 is 5.56 Å². The maximum absolute atomic E-state index is 11.8. The van der Waals surface area contributed by atoms with Crippen LogP contribution >= 0.6 is 0 Å². The summed E-state index contributed by atoms with van der Waals surface area (Å²) in [6.45, 7) is 0.485. The van der Waals surface area contributed by atoms with E-state index in [1.165, 1.54) is 7.11 Å². The van der Waals surface area contributed by atoms with Gasteiger partial charge in [-0.1, -0.05) is 6.07 Å². The van der Waals surface area contributed by atoms with Crippen LogP contribution in [0.25, 0.3) is 11.3 Å². The zero-order valence-electron chi connectivity index (χ0n) is 11.2. The zero-order chi connectivity index (χ0) is 14.8. The van der Waals surface area contributed by atoms with Gasteiger partial charge in [0.1, 0.15) is 11.3 Å². The number of hydrogen-bond acceptors (Lipinski definition) is 5. The van der Waals surface area contributed by atoms with Gasteiger partial charge in [0.15, 0.2) is 0 Å². The normalized spacial score (nSPS) is 10.7. The van der Waals surface area contributed by atoms with Crippen LogP contribution in [0.1, 0.15) is 15.9 Å². The Balaban J connectivity index is 2.10. The molecule has 0 bridgehead atoms. The van der Waals surface area contributed by atoms with E-state index in [9.17, 15) is 9.59 Å². The van der Waals surface area contributed by atoms with Gasteiger partial charge in [0.05, 0.1) is 12.7 Å².